The predicted molar refractivity (Wildman–Crippen MR) is 78.4 cm³/mol. The van der Waals surface area contributed by atoms with E-state index in [0.717, 1.165) is 13.2 Å². The standard InChI is InChI=1S/C17H25NO/c1-13-3-4-14-5-6-16(15(14)11-13)18-12-17(7-8-17)9-10-19-2/h3-4,11,16,18H,5-10,12H2,1-2H3. The zero-order valence-electron chi connectivity index (χ0n) is 12.2. The van der Waals surface area contributed by atoms with Crippen LogP contribution in [0.1, 0.15) is 48.4 Å². The fraction of sp³-hybridized carbons (Fsp3) is 0.647. The largest absolute Gasteiger partial charge is 0.385 e. The Labute approximate surface area is 116 Å². The maximum atomic E-state index is 5.23. The first-order chi connectivity index (χ1) is 9.22. The van der Waals surface area contributed by atoms with Gasteiger partial charge in [0.1, 0.15) is 0 Å². The van der Waals surface area contributed by atoms with Crippen molar-refractivity contribution in [1.29, 1.82) is 0 Å². The minimum Gasteiger partial charge on any atom is -0.385 e. The molecular weight excluding hydrogens is 234 g/mol. The molecule has 2 aliphatic carbocycles. The zero-order chi connectivity index (χ0) is 13.3. The van der Waals surface area contributed by atoms with Crippen molar-refractivity contribution >= 4 is 0 Å². The molecule has 1 unspecified atom stereocenters. The molecule has 1 N–H and O–H groups in total. The topological polar surface area (TPSA) is 21.3 Å². The first kappa shape index (κ1) is 13.1. The highest BCUT2D eigenvalue weighted by Crippen LogP contribution is 2.48. The fourth-order valence-electron chi connectivity index (χ4n) is 3.28. The highest BCUT2D eigenvalue weighted by Gasteiger charge is 2.42. The lowest BCUT2D eigenvalue weighted by Gasteiger charge is -2.20. The van der Waals surface area contributed by atoms with Crippen LogP contribution in [-0.2, 0) is 11.2 Å². The molecule has 0 spiro atoms. The molecule has 2 aliphatic rings. The Bertz CT molecular complexity index is 451. The first-order valence-corrected chi connectivity index (χ1v) is 7.54. The van der Waals surface area contributed by atoms with Crippen molar-refractivity contribution < 1.29 is 4.74 Å². The Hall–Kier alpha value is -0.860. The van der Waals surface area contributed by atoms with Crippen LogP contribution in [0, 0.1) is 12.3 Å². The number of aryl methyl sites for hydroxylation is 2. The summed E-state index contributed by atoms with van der Waals surface area (Å²) in [4.78, 5) is 0. The highest BCUT2D eigenvalue weighted by atomic mass is 16.5. The monoisotopic (exact) mass is 259 g/mol. The summed E-state index contributed by atoms with van der Waals surface area (Å²) in [6, 6.07) is 7.50. The Kier molecular flexibility index (Phi) is 3.64. The van der Waals surface area contributed by atoms with Crippen LogP contribution in [0.4, 0.5) is 0 Å². The predicted octanol–water partition coefficient (Wildman–Crippen LogP) is 3.39. The molecule has 0 heterocycles. The van der Waals surface area contributed by atoms with Crippen LogP contribution in [-0.4, -0.2) is 20.3 Å². The molecule has 0 saturated heterocycles. The van der Waals surface area contributed by atoms with E-state index in [1.807, 2.05) is 0 Å². The Morgan fingerprint density at radius 3 is 2.95 bits per heavy atom. The van der Waals surface area contributed by atoms with E-state index >= 15 is 0 Å². The summed E-state index contributed by atoms with van der Waals surface area (Å²) in [6.45, 7) is 4.26. The van der Waals surface area contributed by atoms with Gasteiger partial charge in [0, 0.05) is 26.3 Å². The van der Waals surface area contributed by atoms with E-state index in [0.29, 0.717) is 11.5 Å². The second-order valence-electron chi connectivity index (χ2n) is 6.42. The van der Waals surface area contributed by atoms with Crippen LogP contribution in [0.3, 0.4) is 0 Å². The fourth-order valence-corrected chi connectivity index (χ4v) is 3.28. The Balaban J connectivity index is 1.59. The molecule has 0 aromatic heterocycles. The second-order valence-corrected chi connectivity index (χ2v) is 6.42. The van der Waals surface area contributed by atoms with E-state index in [1.54, 1.807) is 18.2 Å². The summed E-state index contributed by atoms with van der Waals surface area (Å²) in [5.74, 6) is 0. The van der Waals surface area contributed by atoms with Crippen LogP contribution in [0.5, 0.6) is 0 Å². The molecule has 104 valence electrons. The quantitative estimate of drug-likeness (QED) is 0.845. The summed E-state index contributed by atoms with van der Waals surface area (Å²) in [6.07, 6.45) is 6.45. The van der Waals surface area contributed by atoms with Crippen LogP contribution in [0.25, 0.3) is 0 Å². The summed E-state index contributed by atoms with van der Waals surface area (Å²) in [5, 5.41) is 3.82. The molecule has 1 saturated carbocycles. The molecular formula is C17H25NO. The summed E-state index contributed by atoms with van der Waals surface area (Å²) < 4.78 is 5.23. The molecule has 1 aromatic carbocycles. The van der Waals surface area contributed by atoms with E-state index in [1.165, 1.54) is 37.7 Å². The van der Waals surface area contributed by atoms with Crippen molar-refractivity contribution in [3.05, 3.63) is 34.9 Å². The summed E-state index contributed by atoms with van der Waals surface area (Å²) in [7, 11) is 1.81. The van der Waals surface area contributed by atoms with Gasteiger partial charge in [-0.25, -0.2) is 0 Å². The molecule has 0 radical (unpaired) electrons. The van der Waals surface area contributed by atoms with Gasteiger partial charge in [0.05, 0.1) is 0 Å². The van der Waals surface area contributed by atoms with Crippen LogP contribution in [0.15, 0.2) is 18.2 Å². The maximum absolute atomic E-state index is 5.23. The van der Waals surface area contributed by atoms with Gasteiger partial charge >= 0.3 is 0 Å². The summed E-state index contributed by atoms with van der Waals surface area (Å²) >= 11 is 0. The van der Waals surface area contributed by atoms with Crippen LogP contribution < -0.4 is 5.32 Å². The van der Waals surface area contributed by atoms with Gasteiger partial charge in [-0.05, 0) is 55.6 Å². The van der Waals surface area contributed by atoms with E-state index in [9.17, 15) is 0 Å². The molecule has 0 amide bonds. The molecule has 1 aromatic rings. The molecule has 1 atom stereocenters. The molecule has 2 heteroatoms. The average molecular weight is 259 g/mol. The van der Waals surface area contributed by atoms with Crippen molar-refractivity contribution in [1.82, 2.24) is 5.32 Å². The zero-order valence-corrected chi connectivity index (χ0v) is 12.2. The minimum atomic E-state index is 0.544. The van der Waals surface area contributed by atoms with E-state index < -0.39 is 0 Å². The summed E-state index contributed by atoms with van der Waals surface area (Å²) in [5.41, 5.74) is 5.02. The number of benzene rings is 1. The van der Waals surface area contributed by atoms with Crippen molar-refractivity contribution in [3.63, 3.8) is 0 Å². The first-order valence-electron chi connectivity index (χ1n) is 7.54. The Morgan fingerprint density at radius 2 is 2.21 bits per heavy atom. The van der Waals surface area contributed by atoms with E-state index in [4.69, 9.17) is 4.74 Å². The van der Waals surface area contributed by atoms with Crippen molar-refractivity contribution in [3.8, 4) is 0 Å². The van der Waals surface area contributed by atoms with Crippen molar-refractivity contribution in [2.24, 2.45) is 5.41 Å². The third kappa shape index (κ3) is 2.85. The van der Waals surface area contributed by atoms with Crippen molar-refractivity contribution in [2.45, 2.75) is 45.1 Å². The van der Waals surface area contributed by atoms with Gasteiger partial charge in [0.2, 0.25) is 0 Å². The lowest BCUT2D eigenvalue weighted by molar-refractivity contribution is 0.170. The van der Waals surface area contributed by atoms with Gasteiger partial charge in [-0.3, -0.25) is 0 Å². The van der Waals surface area contributed by atoms with Gasteiger partial charge < -0.3 is 10.1 Å². The number of hydrogen-bond acceptors (Lipinski definition) is 2. The molecule has 19 heavy (non-hydrogen) atoms. The van der Waals surface area contributed by atoms with E-state index in [-0.39, 0.29) is 0 Å². The molecule has 3 rings (SSSR count). The number of nitrogens with one attached hydrogen (secondary N) is 1. The van der Waals surface area contributed by atoms with Gasteiger partial charge in [0.25, 0.3) is 0 Å². The highest BCUT2D eigenvalue weighted by molar-refractivity contribution is 5.37. The van der Waals surface area contributed by atoms with E-state index in [2.05, 4.69) is 30.4 Å². The molecule has 1 fully saturated rings. The van der Waals surface area contributed by atoms with Crippen molar-refractivity contribution in [2.75, 3.05) is 20.3 Å². The number of ether oxygens (including phenoxy) is 1. The maximum Gasteiger partial charge on any atom is 0.0468 e. The SMILES string of the molecule is COCCC1(CNC2CCc3ccc(C)cc32)CC1. The smallest absolute Gasteiger partial charge is 0.0468 e. The second kappa shape index (κ2) is 5.26. The van der Waals surface area contributed by atoms with Gasteiger partial charge in [0.15, 0.2) is 0 Å². The third-order valence-corrected chi connectivity index (χ3v) is 4.90. The number of hydrogen-bond donors (Lipinski definition) is 1. The minimum absolute atomic E-state index is 0.544. The lowest BCUT2D eigenvalue weighted by atomic mass is 10.0. The average Bonchev–Trinajstić information content (AvgIpc) is 3.08. The normalized spacial score (nSPS) is 23.4. The van der Waals surface area contributed by atoms with Gasteiger partial charge in [-0.1, -0.05) is 23.8 Å². The lowest BCUT2D eigenvalue weighted by Crippen LogP contribution is -2.28. The number of methoxy groups -OCH3 is 1. The Morgan fingerprint density at radius 1 is 1.37 bits per heavy atom. The molecule has 0 aliphatic heterocycles. The van der Waals surface area contributed by atoms with Crippen LogP contribution in [0.2, 0.25) is 0 Å². The van der Waals surface area contributed by atoms with Gasteiger partial charge in [-0.15, -0.1) is 0 Å². The number of fused-ring (bicyclic) bond motifs is 1. The third-order valence-electron chi connectivity index (χ3n) is 4.90. The van der Waals surface area contributed by atoms with Crippen LogP contribution >= 0.6 is 0 Å². The number of rotatable bonds is 6. The van der Waals surface area contributed by atoms with Gasteiger partial charge in [-0.2, -0.15) is 0 Å². The molecule has 2 nitrogen and oxygen atoms in total. The molecule has 0 bridgehead atoms.